The van der Waals surface area contributed by atoms with Crippen LogP contribution in [0.2, 0.25) is 0 Å². The third kappa shape index (κ3) is 2.74. The number of aromatic nitrogens is 2. The monoisotopic (exact) mass is 294 g/mol. The van der Waals surface area contributed by atoms with Gasteiger partial charge in [0, 0.05) is 43.9 Å². The van der Waals surface area contributed by atoms with Gasteiger partial charge in [-0.1, -0.05) is 12.1 Å². The number of amides is 1. The lowest BCUT2D eigenvalue weighted by atomic mass is 10.1. The number of nitrogens with two attached hydrogens (primary N) is 1. The Balaban J connectivity index is 1.85. The minimum absolute atomic E-state index is 0.129. The molecule has 5 heteroatoms. The van der Waals surface area contributed by atoms with Crippen LogP contribution >= 0.6 is 0 Å². The summed E-state index contributed by atoms with van der Waals surface area (Å²) in [5, 5.41) is 2.89. The van der Waals surface area contributed by atoms with Gasteiger partial charge in [-0.15, -0.1) is 0 Å². The zero-order valence-electron chi connectivity index (χ0n) is 12.6. The summed E-state index contributed by atoms with van der Waals surface area (Å²) in [6.45, 7) is 0. The van der Waals surface area contributed by atoms with Crippen molar-refractivity contribution in [1.82, 2.24) is 9.13 Å². The van der Waals surface area contributed by atoms with Crippen molar-refractivity contribution >= 4 is 17.3 Å². The van der Waals surface area contributed by atoms with Crippen molar-refractivity contribution in [2.75, 3.05) is 11.1 Å². The Hall–Kier alpha value is -2.95. The number of nitrogens with one attached hydrogen (secondary N) is 1. The van der Waals surface area contributed by atoms with Gasteiger partial charge in [-0.05, 0) is 29.8 Å². The summed E-state index contributed by atoms with van der Waals surface area (Å²) in [6.07, 6.45) is 5.69. The number of carbonyl (C=O) groups is 1. The van der Waals surface area contributed by atoms with E-state index in [-0.39, 0.29) is 5.91 Å². The molecular formula is C17H18N4O. The van der Waals surface area contributed by atoms with E-state index in [1.807, 2.05) is 78.2 Å². The SMILES string of the molecule is Cn1ccc(NC(=O)c2cc(-c3ccc(N)cc3)cn2C)c1. The summed E-state index contributed by atoms with van der Waals surface area (Å²) in [4.78, 5) is 12.4. The number of aryl methyl sites for hydroxylation is 2. The second kappa shape index (κ2) is 5.44. The molecule has 0 fully saturated rings. The number of carbonyl (C=O) groups excluding carboxylic acids is 1. The summed E-state index contributed by atoms with van der Waals surface area (Å²) >= 11 is 0. The second-order valence-corrected chi connectivity index (χ2v) is 5.37. The molecule has 0 atom stereocenters. The van der Waals surface area contributed by atoms with Crippen LogP contribution in [0.4, 0.5) is 11.4 Å². The van der Waals surface area contributed by atoms with Crippen LogP contribution in [0.3, 0.4) is 0 Å². The third-order valence-electron chi connectivity index (χ3n) is 3.57. The van der Waals surface area contributed by atoms with Crippen LogP contribution in [0, 0.1) is 0 Å². The molecule has 0 radical (unpaired) electrons. The summed E-state index contributed by atoms with van der Waals surface area (Å²) < 4.78 is 3.71. The standard InChI is InChI=1S/C17H18N4O/c1-20-8-7-15(11-20)19-17(22)16-9-13(10-21(16)2)12-3-5-14(18)6-4-12/h3-11H,18H2,1-2H3,(H,19,22). The fourth-order valence-corrected chi connectivity index (χ4v) is 2.40. The van der Waals surface area contributed by atoms with E-state index >= 15 is 0 Å². The molecule has 0 aliphatic carbocycles. The first-order valence-corrected chi connectivity index (χ1v) is 6.98. The van der Waals surface area contributed by atoms with Crippen molar-refractivity contribution in [2.24, 2.45) is 14.1 Å². The Morgan fingerprint density at radius 1 is 1.05 bits per heavy atom. The topological polar surface area (TPSA) is 65.0 Å². The van der Waals surface area contributed by atoms with Gasteiger partial charge in [-0.2, -0.15) is 0 Å². The van der Waals surface area contributed by atoms with E-state index in [0.29, 0.717) is 5.69 Å². The molecule has 1 aromatic carbocycles. The Bertz CT molecular complexity index is 812. The van der Waals surface area contributed by atoms with Crippen LogP contribution in [0.1, 0.15) is 10.5 Å². The lowest BCUT2D eigenvalue weighted by Crippen LogP contribution is -2.14. The number of nitrogen functional groups attached to an aromatic ring is 1. The number of nitrogens with zero attached hydrogens (tertiary/aromatic N) is 2. The first-order chi connectivity index (χ1) is 10.5. The van der Waals surface area contributed by atoms with Crippen molar-refractivity contribution in [3.8, 4) is 11.1 Å². The Kier molecular flexibility index (Phi) is 3.47. The molecule has 0 aliphatic rings. The van der Waals surface area contributed by atoms with E-state index < -0.39 is 0 Å². The van der Waals surface area contributed by atoms with Crippen molar-refractivity contribution in [3.63, 3.8) is 0 Å². The number of anilines is 2. The molecule has 1 amide bonds. The number of benzene rings is 1. The second-order valence-electron chi connectivity index (χ2n) is 5.37. The minimum atomic E-state index is -0.129. The number of rotatable bonds is 3. The van der Waals surface area contributed by atoms with E-state index in [1.165, 1.54) is 0 Å². The zero-order valence-corrected chi connectivity index (χ0v) is 12.6. The van der Waals surface area contributed by atoms with Gasteiger partial charge in [-0.25, -0.2) is 0 Å². The maximum Gasteiger partial charge on any atom is 0.272 e. The van der Waals surface area contributed by atoms with E-state index in [0.717, 1.165) is 22.5 Å². The molecule has 3 N–H and O–H groups in total. The van der Waals surface area contributed by atoms with Crippen LogP contribution < -0.4 is 11.1 Å². The molecule has 112 valence electrons. The van der Waals surface area contributed by atoms with Crippen LogP contribution in [-0.2, 0) is 14.1 Å². The first-order valence-electron chi connectivity index (χ1n) is 6.98. The molecule has 0 saturated carbocycles. The third-order valence-corrected chi connectivity index (χ3v) is 3.57. The maximum atomic E-state index is 12.4. The predicted molar refractivity (Wildman–Crippen MR) is 88.6 cm³/mol. The summed E-state index contributed by atoms with van der Waals surface area (Å²) in [7, 11) is 3.78. The van der Waals surface area contributed by atoms with E-state index in [1.54, 1.807) is 0 Å². The van der Waals surface area contributed by atoms with Gasteiger partial charge in [0.05, 0.1) is 5.69 Å². The average Bonchev–Trinajstić information content (AvgIpc) is 3.06. The van der Waals surface area contributed by atoms with E-state index in [2.05, 4.69) is 5.32 Å². The first kappa shape index (κ1) is 14.0. The lowest BCUT2D eigenvalue weighted by molar-refractivity contribution is 0.101. The van der Waals surface area contributed by atoms with Crippen molar-refractivity contribution < 1.29 is 4.79 Å². The Labute approximate surface area is 129 Å². The van der Waals surface area contributed by atoms with Crippen LogP contribution in [-0.4, -0.2) is 15.0 Å². The highest BCUT2D eigenvalue weighted by molar-refractivity contribution is 6.04. The highest BCUT2D eigenvalue weighted by Crippen LogP contribution is 2.23. The highest BCUT2D eigenvalue weighted by Gasteiger charge is 2.13. The number of hydrogen-bond donors (Lipinski definition) is 2. The van der Waals surface area contributed by atoms with Gasteiger partial charge >= 0.3 is 0 Å². The molecule has 3 rings (SSSR count). The molecule has 0 saturated heterocycles. The Morgan fingerprint density at radius 2 is 1.77 bits per heavy atom. The Morgan fingerprint density at radius 3 is 2.41 bits per heavy atom. The highest BCUT2D eigenvalue weighted by atomic mass is 16.1. The summed E-state index contributed by atoms with van der Waals surface area (Å²) in [5.41, 5.74) is 9.83. The van der Waals surface area contributed by atoms with Crippen LogP contribution in [0.25, 0.3) is 11.1 Å². The molecule has 5 nitrogen and oxygen atoms in total. The molecule has 0 unspecified atom stereocenters. The largest absolute Gasteiger partial charge is 0.399 e. The van der Waals surface area contributed by atoms with Gasteiger partial charge in [-0.3, -0.25) is 4.79 Å². The molecule has 0 bridgehead atoms. The average molecular weight is 294 g/mol. The summed E-state index contributed by atoms with van der Waals surface area (Å²) in [6, 6.07) is 11.3. The van der Waals surface area contributed by atoms with Gasteiger partial charge in [0.1, 0.15) is 5.69 Å². The van der Waals surface area contributed by atoms with Gasteiger partial charge < -0.3 is 20.2 Å². The van der Waals surface area contributed by atoms with Crippen molar-refractivity contribution in [3.05, 3.63) is 60.7 Å². The number of hydrogen-bond acceptors (Lipinski definition) is 2. The van der Waals surface area contributed by atoms with Crippen LogP contribution in [0.15, 0.2) is 55.0 Å². The summed E-state index contributed by atoms with van der Waals surface area (Å²) in [5.74, 6) is -0.129. The van der Waals surface area contributed by atoms with E-state index in [4.69, 9.17) is 5.73 Å². The molecule has 2 aromatic heterocycles. The maximum absolute atomic E-state index is 12.4. The van der Waals surface area contributed by atoms with E-state index in [9.17, 15) is 4.79 Å². The zero-order chi connectivity index (χ0) is 15.7. The molecule has 0 aliphatic heterocycles. The normalized spacial score (nSPS) is 10.6. The molecular weight excluding hydrogens is 276 g/mol. The molecule has 0 spiro atoms. The van der Waals surface area contributed by atoms with Gasteiger partial charge in [0.2, 0.25) is 0 Å². The fourth-order valence-electron chi connectivity index (χ4n) is 2.40. The quantitative estimate of drug-likeness (QED) is 0.729. The van der Waals surface area contributed by atoms with Gasteiger partial charge in [0.15, 0.2) is 0 Å². The van der Waals surface area contributed by atoms with Crippen molar-refractivity contribution in [2.45, 2.75) is 0 Å². The molecule has 2 heterocycles. The molecule has 22 heavy (non-hydrogen) atoms. The van der Waals surface area contributed by atoms with Gasteiger partial charge in [0.25, 0.3) is 5.91 Å². The minimum Gasteiger partial charge on any atom is -0.399 e. The van der Waals surface area contributed by atoms with Crippen molar-refractivity contribution in [1.29, 1.82) is 0 Å². The lowest BCUT2D eigenvalue weighted by Gasteiger charge is -2.03. The fraction of sp³-hybridized carbons (Fsp3) is 0.118. The molecule has 3 aromatic rings. The smallest absolute Gasteiger partial charge is 0.272 e. The van der Waals surface area contributed by atoms with Crippen LogP contribution in [0.5, 0.6) is 0 Å². The predicted octanol–water partition coefficient (Wildman–Crippen LogP) is 2.87.